The van der Waals surface area contributed by atoms with E-state index in [4.69, 9.17) is 15.9 Å². The third kappa shape index (κ3) is 7.58. The minimum atomic E-state index is -0.368. The first-order chi connectivity index (χ1) is 15.3. The van der Waals surface area contributed by atoms with E-state index in [1.165, 1.54) is 25.4 Å². The third-order valence-electron chi connectivity index (χ3n) is 4.68. The number of guanidine groups is 1. The van der Waals surface area contributed by atoms with Gasteiger partial charge in [0.05, 0.1) is 18.4 Å². The van der Waals surface area contributed by atoms with Crippen LogP contribution >= 0.6 is 23.7 Å². The third-order valence-corrected chi connectivity index (χ3v) is 5.70. The molecule has 174 valence electrons. The first-order valence-electron chi connectivity index (χ1n) is 9.97. The van der Waals surface area contributed by atoms with E-state index in [0.29, 0.717) is 23.5 Å². The Morgan fingerprint density at radius 3 is 2.24 bits per heavy atom. The number of carbonyl (C=O) groups is 2. The summed E-state index contributed by atoms with van der Waals surface area (Å²) < 4.78 is 4.75. The summed E-state index contributed by atoms with van der Waals surface area (Å²) in [6.45, 7) is 1.46. The number of thiazole rings is 1. The maximum Gasteiger partial charge on any atom is 0.337 e. The summed E-state index contributed by atoms with van der Waals surface area (Å²) in [5, 5.41) is 13.4. The van der Waals surface area contributed by atoms with E-state index in [1.807, 2.05) is 36.4 Å². The molecule has 2 aromatic carbocycles. The van der Waals surface area contributed by atoms with Crippen LogP contribution in [0.25, 0.3) is 0 Å². The van der Waals surface area contributed by atoms with Gasteiger partial charge < -0.3 is 21.1 Å². The number of halogens is 1. The van der Waals surface area contributed by atoms with Gasteiger partial charge in [0, 0.05) is 23.9 Å². The second-order valence-electron chi connectivity index (χ2n) is 7.17. The molecule has 0 aliphatic rings. The van der Waals surface area contributed by atoms with E-state index in [9.17, 15) is 9.59 Å². The maximum atomic E-state index is 11.6. The van der Waals surface area contributed by atoms with E-state index >= 15 is 0 Å². The number of aryl methyl sites for hydroxylation is 2. The number of rotatable bonds is 8. The lowest BCUT2D eigenvalue weighted by atomic mass is 10.0. The normalized spacial score (nSPS) is 10.1. The molecule has 0 bridgehead atoms. The molecule has 0 saturated carbocycles. The summed E-state index contributed by atoms with van der Waals surface area (Å²) in [7, 11) is 1.36. The topological polar surface area (TPSA) is 130 Å². The number of hydrogen-bond donors (Lipinski definition) is 4. The van der Waals surface area contributed by atoms with E-state index < -0.39 is 0 Å². The van der Waals surface area contributed by atoms with E-state index in [2.05, 4.69) is 15.6 Å². The number of nitrogens with two attached hydrogens (primary N) is 1. The lowest BCUT2D eigenvalue weighted by Crippen LogP contribution is -2.20. The predicted octanol–water partition coefficient (Wildman–Crippen LogP) is 3.99. The van der Waals surface area contributed by atoms with Crippen molar-refractivity contribution in [3.05, 3.63) is 75.8 Å². The zero-order valence-electron chi connectivity index (χ0n) is 18.3. The minimum Gasteiger partial charge on any atom is -0.465 e. The molecule has 1 heterocycles. The molecule has 10 heteroatoms. The number of nitrogens with one attached hydrogen (secondary N) is 3. The van der Waals surface area contributed by atoms with Gasteiger partial charge in [0.25, 0.3) is 0 Å². The molecule has 0 unspecified atom stereocenters. The van der Waals surface area contributed by atoms with Crippen molar-refractivity contribution in [1.82, 2.24) is 4.98 Å². The highest BCUT2D eigenvalue weighted by Crippen LogP contribution is 2.27. The van der Waals surface area contributed by atoms with Crippen LogP contribution in [-0.2, 0) is 28.8 Å². The zero-order chi connectivity index (χ0) is 23.1. The number of amides is 1. The van der Waals surface area contributed by atoms with Crippen molar-refractivity contribution in [2.75, 3.05) is 17.7 Å². The molecule has 0 spiro atoms. The summed E-state index contributed by atoms with van der Waals surface area (Å²) in [5.74, 6) is -0.629. The molecule has 33 heavy (non-hydrogen) atoms. The molecule has 0 fully saturated rings. The number of anilines is 2. The standard InChI is InChI=1S/C23H25N5O3S.ClH/c1-14(29)26-23-28-19(12-7-15-5-10-18(11-6-15)27-22(24)25)20(32-23)13-16-3-8-17(9-4-16)21(30)31-2;/h3-6,8-11H,7,12-13H2,1-2H3,(H4,24,25,27)(H,26,28,29);1H. The molecule has 5 N–H and O–H groups in total. The lowest BCUT2D eigenvalue weighted by molar-refractivity contribution is -0.114. The molecule has 0 saturated heterocycles. The van der Waals surface area contributed by atoms with Crippen LogP contribution in [0.3, 0.4) is 0 Å². The summed E-state index contributed by atoms with van der Waals surface area (Å²) in [4.78, 5) is 28.8. The molecule has 8 nitrogen and oxygen atoms in total. The SMILES string of the molecule is COC(=O)c1ccc(Cc2sc(NC(C)=O)nc2CCc2ccc(NC(=N)N)cc2)cc1.Cl. The summed E-state index contributed by atoms with van der Waals surface area (Å²) in [6.07, 6.45) is 2.14. The monoisotopic (exact) mass is 487 g/mol. The summed E-state index contributed by atoms with van der Waals surface area (Å²) in [6, 6.07) is 15.0. The number of ether oxygens (including phenoxy) is 1. The summed E-state index contributed by atoms with van der Waals surface area (Å²) in [5.41, 5.74) is 9.72. The van der Waals surface area contributed by atoms with Crippen LogP contribution in [0, 0.1) is 5.41 Å². The van der Waals surface area contributed by atoms with Crippen molar-refractivity contribution in [3.8, 4) is 0 Å². The Labute approximate surface area is 202 Å². The largest absolute Gasteiger partial charge is 0.465 e. The number of nitrogens with zero attached hydrogens (tertiary/aromatic N) is 1. The van der Waals surface area contributed by atoms with Crippen LogP contribution in [0.5, 0.6) is 0 Å². The zero-order valence-corrected chi connectivity index (χ0v) is 19.9. The average Bonchev–Trinajstić information content (AvgIpc) is 3.13. The first kappa shape index (κ1) is 25.8. The van der Waals surface area contributed by atoms with E-state index in [1.54, 1.807) is 12.1 Å². The molecule has 0 aliphatic carbocycles. The Bertz CT molecular complexity index is 1110. The van der Waals surface area contributed by atoms with Gasteiger partial charge in [-0.05, 0) is 48.2 Å². The van der Waals surface area contributed by atoms with Crippen LogP contribution in [0.1, 0.15) is 39.0 Å². The minimum absolute atomic E-state index is 0. The number of benzene rings is 2. The fourth-order valence-corrected chi connectivity index (χ4v) is 4.24. The van der Waals surface area contributed by atoms with Crippen LogP contribution in [0.4, 0.5) is 10.8 Å². The fourth-order valence-electron chi connectivity index (χ4n) is 3.16. The lowest BCUT2D eigenvalue weighted by Gasteiger charge is -2.06. The molecular formula is C23H26ClN5O3S. The smallest absolute Gasteiger partial charge is 0.337 e. The predicted molar refractivity (Wildman–Crippen MR) is 134 cm³/mol. The number of esters is 1. The number of hydrogen-bond acceptors (Lipinski definition) is 6. The molecular weight excluding hydrogens is 462 g/mol. The van der Waals surface area contributed by atoms with Crippen molar-refractivity contribution < 1.29 is 14.3 Å². The van der Waals surface area contributed by atoms with Gasteiger partial charge in [-0.3, -0.25) is 10.2 Å². The van der Waals surface area contributed by atoms with Crippen LogP contribution in [-0.4, -0.2) is 29.9 Å². The molecule has 1 aromatic heterocycles. The van der Waals surface area contributed by atoms with Gasteiger partial charge in [-0.25, -0.2) is 9.78 Å². The number of aromatic nitrogens is 1. The van der Waals surface area contributed by atoms with Crippen LogP contribution in [0.15, 0.2) is 48.5 Å². The molecule has 3 rings (SSSR count). The highest BCUT2D eigenvalue weighted by atomic mass is 35.5. The highest BCUT2D eigenvalue weighted by molar-refractivity contribution is 7.15. The van der Waals surface area contributed by atoms with Gasteiger partial charge in [-0.1, -0.05) is 24.3 Å². The Morgan fingerprint density at radius 2 is 1.67 bits per heavy atom. The van der Waals surface area contributed by atoms with E-state index in [-0.39, 0.29) is 30.2 Å². The van der Waals surface area contributed by atoms with Crippen molar-refractivity contribution in [1.29, 1.82) is 5.41 Å². The van der Waals surface area contributed by atoms with Gasteiger partial charge in [-0.15, -0.1) is 23.7 Å². The molecule has 0 aliphatic heterocycles. The van der Waals surface area contributed by atoms with Gasteiger partial charge >= 0.3 is 5.97 Å². The van der Waals surface area contributed by atoms with Crippen molar-refractivity contribution in [2.24, 2.45) is 5.73 Å². The Balaban J connectivity index is 0.00000385. The van der Waals surface area contributed by atoms with Crippen molar-refractivity contribution in [3.63, 3.8) is 0 Å². The Hall–Kier alpha value is -3.43. The van der Waals surface area contributed by atoms with Gasteiger partial charge in [-0.2, -0.15) is 0 Å². The van der Waals surface area contributed by atoms with Gasteiger partial charge in [0.2, 0.25) is 5.91 Å². The van der Waals surface area contributed by atoms with Gasteiger partial charge in [0.15, 0.2) is 11.1 Å². The number of methoxy groups -OCH3 is 1. The van der Waals surface area contributed by atoms with Crippen LogP contribution in [0.2, 0.25) is 0 Å². The Morgan fingerprint density at radius 1 is 1.03 bits per heavy atom. The Kier molecular flexibility index (Phi) is 9.38. The van der Waals surface area contributed by atoms with E-state index in [0.717, 1.165) is 33.8 Å². The maximum absolute atomic E-state index is 11.6. The second kappa shape index (κ2) is 12.0. The summed E-state index contributed by atoms with van der Waals surface area (Å²) >= 11 is 1.46. The quantitative estimate of drug-likeness (QED) is 0.216. The first-order valence-corrected chi connectivity index (χ1v) is 10.8. The number of carbonyl (C=O) groups excluding carboxylic acids is 2. The van der Waals surface area contributed by atoms with Crippen LogP contribution < -0.4 is 16.4 Å². The molecule has 0 atom stereocenters. The fraction of sp³-hybridized carbons (Fsp3) is 0.217. The molecule has 0 radical (unpaired) electrons. The second-order valence-corrected chi connectivity index (χ2v) is 8.25. The highest BCUT2D eigenvalue weighted by Gasteiger charge is 2.14. The van der Waals surface area contributed by atoms with Crippen molar-refractivity contribution >= 4 is 52.4 Å². The average molecular weight is 488 g/mol. The van der Waals surface area contributed by atoms with Crippen molar-refractivity contribution in [2.45, 2.75) is 26.2 Å². The van der Waals surface area contributed by atoms with Gasteiger partial charge in [0.1, 0.15) is 0 Å². The molecule has 1 amide bonds. The molecule has 3 aromatic rings.